The van der Waals surface area contributed by atoms with Crippen molar-refractivity contribution in [2.24, 2.45) is 0 Å². The fourth-order valence-electron chi connectivity index (χ4n) is 3.00. The van der Waals surface area contributed by atoms with Crippen molar-refractivity contribution in [2.75, 3.05) is 6.61 Å². The van der Waals surface area contributed by atoms with Gasteiger partial charge >= 0.3 is 5.56 Å². The summed E-state index contributed by atoms with van der Waals surface area (Å²) in [5.74, 6) is 0.649. The van der Waals surface area contributed by atoms with E-state index in [1.807, 2.05) is 12.1 Å². The molecule has 2 aromatic carbocycles. The lowest BCUT2D eigenvalue weighted by Crippen LogP contribution is -2.23. The lowest BCUT2D eigenvalue weighted by atomic mass is 10.1. The lowest BCUT2D eigenvalue weighted by molar-refractivity contribution is 0.288. The molecule has 0 saturated carbocycles. The van der Waals surface area contributed by atoms with E-state index in [2.05, 4.69) is 10.1 Å². The molecule has 0 bridgehead atoms. The summed E-state index contributed by atoms with van der Waals surface area (Å²) in [4.78, 5) is 17.3. The van der Waals surface area contributed by atoms with Crippen LogP contribution in [0.3, 0.4) is 0 Å². The van der Waals surface area contributed by atoms with Crippen molar-refractivity contribution in [1.82, 2.24) is 19.3 Å². The van der Waals surface area contributed by atoms with Crippen molar-refractivity contribution in [3.63, 3.8) is 0 Å². The van der Waals surface area contributed by atoms with Gasteiger partial charge in [0, 0.05) is 24.0 Å². The molecular weight excluding hydrogens is 404 g/mol. The summed E-state index contributed by atoms with van der Waals surface area (Å²) in [7, 11) is 0. The minimum Gasteiger partial charge on any atom is -0.449 e. The van der Waals surface area contributed by atoms with Gasteiger partial charge in [-0.3, -0.25) is 4.79 Å². The van der Waals surface area contributed by atoms with Gasteiger partial charge in [-0.2, -0.15) is 9.78 Å². The molecule has 0 aliphatic rings. The molecule has 0 spiro atoms. The van der Waals surface area contributed by atoms with Gasteiger partial charge in [-0.05, 0) is 54.8 Å². The van der Waals surface area contributed by atoms with Crippen molar-refractivity contribution >= 4 is 11.6 Å². The molecule has 2 heterocycles. The largest absolute Gasteiger partial charge is 0.449 e. The number of hydrogen-bond acceptors (Lipinski definition) is 5. The van der Waals surface area contributed by atoms with Gasteiger partial charge in [0.1, 0.15) is 11.4 Å². The lowest BCUT2D eigenvalue weighted by Gasteiger charge is -2.13. The molecular formula is C22H19ClN4O3. The highest BCUT2D eigenvalue weighted by molar-refractivity contribution is 6.30. The Morgan fingerprint density at radius 1 is 1.07 bits per heavy atom. The van der Waals surface area contributed by atoms with Crippen LogP contribution in [-0.2, 0) is 6.42 Å². The third-order valence-electron chi connectivity index (χ3n) is 4.54. The molecule has 0 radical (unpaired) electrons. The first-order valence-corrected chi connectivity index (χ1v) is 9.78. The normalized spacial score (nSPS) is 10.9. The van der Waals surface area contributed by atoms with Crippen LogP contribution in [0.4, 0.5) is 0 Å². The molecule has 0 atom stereocenters. The number of imidazole rings is 1. The maximum atomic E-state index is 13.3. The summed E-state index contributed by atoms with van der Waals surface area (Å²) in [6.45, 7) is 0.147. The Hall–Kier alpha value is -3.42. The zero-order valence-corrected chi connectivity index (χ0v) is 16.7. The summed E-state index contributed by atoms with van der Waals surface area (Å²) >= 11 is 5.96. The van der Waals surface area contributed by atoms with Crippen molar-refractivity contribution < 1.29 is 9.84 Å². The topological polar surface area (TPSA) is 82.2 Å². The molecule has 8 heteroatoms. The molecule has 0 amide bonds. The Bertz CT molecular complexity index is 1170. The second-order valence-electron chi connectivity index (χ2n) is 6.60. The van der Waals surface area contributed by atoms with Crippen molar-refractivity contribution in [3.05, 3.63) is 94.4 Å². The van der Waals surface area contributed by atoms with Gasteiger partial charge in [0.2, 0.25) is 5.75 Å². The SMILES string of the molecule is O=c1c(Oc2ccc(CCCO)cc2)c(-n2ccnc2)cnn1-c1ccc(Cl)cc1. The van der Waals surface area contributed by atoms with Gasteiger partial charge < -0.3 is 14.4 Å². The quantitative estimate of drug-likeness (QED) is 0.490. The second-order valence-corrected chi connectivity index (χ2v) is 7.03. The smallest absolute Gasteiger partial charge is 0.316 e. The number of aliphatic hydroxyl groups is 1. The molecule has 0 aliphatic carbocycles. The number of aromatic nitrogens is 4. The monoisotopic (exact) mass is 422 g/mol. The highest BCUT2D eigenvalue weighted by Gasteiger charge is 2.16. The first-order chi connectivity index (χ1) is 14.7. The summed E-state index contributed by atoms with van der Waals surface area (Å²) in [6, 6.07) is 14.3. The molecule has 0 aliphatic heterocycles. The molecule has 7 nitrogen and oxygen atoms in total. The van der Waals surface area contributed by atoms with E-state index in [1.54, 1.807) is 65.9 Å². The average Bonchev–Trinajstić information content (AvgIpc) is 3.30. The van der Waals surface area contributed by atoms with E-state index >= 15 is 0 Å². The molecule has 30 heavy (non-hydrogen) atoms. The van der Waals surface area contributed by atoms with Crippen LogP contribution in [0.2, 0.25) is 5.02 Å². The molecule has 1 N–H and O–H groups in total. The van der Waals surface area contributed by atoms with E-state index in [4.69, 9.17) is 21.4 Å². The van der Waals surface area contributed by atoms with Crippen LogP contribution >= 0.6 is 11.6 Å². The summed E-state index contributed by atoms with van der Waals surface area (Å²) in [5, 5.41) is 13.8. The number of benzene rings is 2. The fourth-order valence-corrected chi connectivity index (χ4v) is 3.13. The maximum Gasteiger partial charge on any atom is 0.316 e. The highest BCUT2D eigenvalue weighted by atomic mass is 35.5. The van der Waals surface area contributed by atoms with E-state index < -0.39 is 5.56 Å². The Labute approximate surface area is 177 Å². The summed E-state index contributed by atoms with van der Waals surface area (Å²) in [6.07, 6.45) is 7.94. The van der Waals surface area contributed by atoms with Crippen LogP contribution in [0.5, 0.6) is 11.5 Å². The predicted molar refractivity (Wildman–Crippen MR) is 114 cm³/mol. The fraction of sp³-hybridized carbons (Fsp3) is 0.136. The van der Waals surface area contributed by atoms with Gasteiger partial charge in [0.05, 0.1) is 18.2 Å². The summed E-state index contributed by atoms with van der Waals surface area (Å²) < 4.78 is 8.95. The molecule has 4 rings (SSSR count). The van der Waals surface area contributed by atoms with E-state index in [0.717, 1.165) is 12.0 Å². The van der Waals surface area contributed by atoms with Crippen LogP contribution in [0.25, 0.3) is 11.4 Å². The first-order valence-electron chi connectivity index (χ1n) is 9.40. The van der Waals surface area contributed by atoms with Gasteiger partial charge in [0.15, 0.2) is 0 Å². The predicted octanol–water partition coefficient (Wildman–Crippen LogP) is 3.79. The van der Waals surface area contributed by atoms with Crippen molar-refractivity contribution in [1.29, 1.82) is 0 Å². The zero-order valence-electron chi connectivity index (χ0n) is 16.0. The number of nitrogens with zero attached hydrogens (tertiary/aromatic N) is 4. The van der Waals surface area contributed by atoms with Crippen LogP contribution in [-0.4, -0.2) is 31.0 Å². The Balaban J connectivity index is 1.74. The van der Waals surface area contributed by atoms with Crippen LogP contribution in [0, 0.1) is 0 Å². The molecule has 0 saturated heterocycles. The van der Waals surface area contributed by atoms with Crippen molar-refractivity contribution in [3.8, 4) is 22.9 Å². The van der Waals surface area contributed by atoms with Crippen LogP contribution in [0.15, 0.2) is 78.2 Å². The molecule has 0 fully saturated rings. The number of aryl methyl sites for hydroxylation is 1. The molecule has 152 valence electrons. The van der Waals surface area contributed by atoms with Crippen molar-refractivity contribution in [2.45, 2.75) is 12.8 Å². The van der Waals surface area contributed by atoms with Gasteiger partial charge in [0.25, 0.3) is 0 Å². The number of halogens is 1. The Kier molecular flexibility index (Phi) is 5.92. The van der Waals surface area contributed by atoms with E-state index in [9.17, 15) is 4.79 Å². The van der Waals surface area contributed by atoms with Gasteiger partial charge in [-0.1, -0.05) is 23.7 Å². The van der Waals surface area contributed by atoms with E-state index in [-0.39, 0.29) is 12.4 Å². The molecule has 2 aromatic heterocycles. The highest BCUT2D eigenvalue weighted by Crippen LogP contribution is 2.25. The number of rotatable bonds is 7. The molecule has 4 aromatic rings. The third kappa shape index (κ3) is 4.27. The Morgan fingerprint density at radius 2 is 1.83 bits per heavy atom. The van der Waals surface area contributed by atoms with Crippen LogP contribution in [0.1, 0.15) is 12.0 Å². The summed E-state index contributed by atoms with van der Waals surface area (Å²) in [5.41, 5.74) is 1.73. The number of hydrogen-bond donors (Lipinski definition) is 1. The van der Waals surface area contributed by atoms with Gasteiger partial charge in [-0.25, -0.2) is 4.98 Å². The van der Waals surface area contributed by atoms with Gasteiger partial charge in [-0.15, -0.1) is 0 Å². The maximum absolute atomic E-state index is 13.3. The van der Waals surface area contributed by atoms with E-state index in [1.165, 1.54) is 4.68 Å². The Morgan fingerprint density at radius 3 is 2.50 bits per heavy atom. The minimum absolute atomic E-state index is 0.126. The average molecular weight is 423 g/mol. The first kappa shape index (κ1) is 19.9. The minimum atomic E-state index is -0.409. The number of ether oxygens (including phenoxy) is 1. The third-order valence-corrected chi connectivity index (χ3v) is 4.79. The second kappa shape index (κ2) is 8.94. The number of aliphatic hydroxyl groups excluding tert-OH is 1. The zero-order chi connectivity index (χ0) is 20.9. The standard InChI is InChI=1S/C22H19ClN4O3/c23-17-5-7-18(8-6-17)27-22(29)21(20(14-25-27)26-12-11-24-15-26)30-19-9-3-16(4-10-19)2-1-13-28/h3-12,14-15,28H,1-2,13H2. The molecule has 0 unspecified atom stereocenters. The van der Waals surface area contributed by atoms with E-state index in [0.29, 0.717) is 28.6 Å². The van der Waals surface area contributed by atoms with Crippen LogP contribution < -0.4 is 10.3 Å².